The largest absolute Gasteiger partial charge is 0.496 e. The standard InChI is InChI=1S/C20H25N5O4/c1-27-15-6-4-3-5-14(15)20(7-8-20)17(26)21-13-16-22-18(24-19(23-16)28-2)25-9-11-29-12-10-25/h3-6H,7-13H2,1-2H3,(H,21,26). The van der Waals surface area contributed by atoms with E-state index in [9.17, 15) is 4.79 Å². The van der Waals surface area contributed by atoms with Gasteiger partial charge >= 0.3 is 6.01 Å². The lowest BCUT2D eigenvalue weighted by molar-refractivity contribution is -0.123. The highest BCUT2D eigenvalue weighted by Gasteiger charge is 2.52. The molecule has 1 saturated heterocycles. The van der Waals surface area contributed by atoms with Gasteiger partial charge < -0.3 is 24.4 Å². The molecule has 1 amide bonds. The first-order chi connectivity index (χ1) is 14.2. The molecule has 2 aliphatic rings. The number of benzene rings is 1. The third-order valence-corrected chi connectivity index (χ3v) is 5.34. The summed E-state index contributed by atoms with van der Waals surface area (Å²) in [5.74, 6) is 1.68. The molecule has 0 atom stereocenters. The maximum Gasteiger partial charge on any atom is 0.321 e. The number of hydrogen-bond acceptors (Lipinski definition) is 8. The van der Waals surface area contributed by atoms with E-state index in [0.29, 0.717) is 38.1 Å². The lowest BCUT2D eigenvalue weighted by Crippen LogP contribution is -2.38. The highest BCUT2D eigenvalue weighted by atomic mass is 16.5. The molecule has 1 aromatic carbocycles. The average Bonchev–Trinajstić information content (AvgIpc) is 3.60. The molecule has 1 aromatic heterocycles. The number of carbonyl (C=O) groups excluding carboxylic acids is 1. The zero-order chi connectivity index (χ0) is 20.3. The van der Waals surface area contributed by atoms with Gasteiger partial charge in [-0.3, -0.25) is 4.79 Å². The fourth-order valence-electron chi connectivity index (χ4n) is 3.57. The summed E-state index contributed by atoms with van der Waals surface area (Å²) in [6.45, 7) is 2.86. The molecule has 0 unspecified atom stereocenters. The van der Waals surface area contributed by atoms with Crippen molar-refractivity contribution in [2.75, 3.05) is 45.4 Å². The molecule has 2 aromatic rings. The number of para-hydroxylation sites is 1. The van der Waals surface area contributed by atoms with Gasteiger partial charge in [-0.2, -0.15) is 15.0 Å². The predicted octanol–water partition coefficient (Wildman–Crippen LogP) is 1.07. The van der Waals surface area contributed by atoms with Crippen LogP contribution in [-0.2, 0) is 21.5 Å². The number of ether oxygens (including phenoxy) is 3. The zero-order valence-corrected chi connectivity index (χ0v) is 16.7. The molecule has 0 bridgehead atoms. The molecule has 154 valence electrons. The molecule has 0 spiro atoms. The Kier molecular flexibility index (Phi) is 5.48. The van der Waals surface area contributed by atoms with E-state index in [1.165, 1.54) is 7.11 Å². The van der Waals surface area contributed by atoms with Crippen LogP contribution in [0.25, 0.3) is 0 Å². The minimum absolute atomic E-state index is 0.0469. The first-order valence-corrected chi connectivity index (χ1v) is 9.70. The van der Waals surface area contributed by atoms with E-state index in [0.717, 1.165) is 24.2 Å². The van der Waals surface area contributed by atoms with Gasteiger partial charge in [0.1, 0.15) is 5.75 Å². The van der Waals surface area contributed by atoms with Crippen molar-refractivity contribution < 1.29 is 19.0 Å². The predicted molar refractivity (Wildman–Crippen MR) is 105 cm³/mol. The molecule has 9 nitrogen and oxygen atoms in total. The van der Waals surface area contributed by atoms with Gasteiger partial charge in [-0.05, 0) is 18.9 Å². The van der Waals surface area contributed by atoms with Gasteiger partial charge in [-0.25, -0.2) is 0 Å². The number of anilines is 1. The van der Waals surface area contributed by atoms with E-state index < -0.39 is 5.41 Å². The smallest absolute Gasteiger partial charge is 0.321 e. The van der Waals surface area contributed by atoms with Gasteiger partial charge in [-0.1, -0.05) is 18.2 Å². The number of aromatic nitrogens is 3. The van der Waals surface area contributed by atoms with E-state index in [2.05, 4.69) is 20.3 Å². The minimum Gasteiger partial charge on any atom is -0.496 e. The maximum atomic E-state index is 13.0. The van der Waals surface area contributed by atoms with Crippen LogP contribution in [0.5, 0.6) is 11.8 Å². The van der Waals surface area contributed by atoms with Crippen molar-refractivity contribution in [2.45, 2.75) is 24.8 Å². The second-order valence-electron chi connectivity index (χ2n) is 7.10. The van der Waals surface area contributed by atoms with Crippen molar-refractivity contribution in [1.82, 2.24) is 20.3 Å². The average molecular weight is 399 g/mol. The summed E-state index contributed by atoms with van der Waals surface area (Å²) in [6, 6.07) is 7.90. The molecular weight excluding hydrogens is 374 g/mol. The lowest BCUT2D eigenvalue weighted by Gasteiger charge is -2.27. The number of hydrogen-bond donors (Lipinski definition) is 1. The van der Waals surface area contributed by atoms with E-state index in [4.69, 9.17) is 14.2 Å². The monoisotopic (exact) mass is 399 g/mol. The fraction of sp³-hybridized carbons (Fsp3) is 0.500. The summed E-state index contributed by atoms with van der Waals surface area (Å²) in [5.41, 5.74) is 0.374. The topological polar surface area (TPSA) is 98.7 Å². The number of morpholine rings is 1. The Hall–Kier alpha value is -2.94. The van der Waals surface area contributed by atoms with Crippen molar-refractivity contribution >= 4 is 11.9 Å². The van der Waals surface area contributed by atoms with E-state index >= 15 is 0 Å². The van der Waals surface area contributed by atoms with Crippen LogP contribution < -0.4 is 19.7 Å². The van der Waals surface area contributed by atoms with E-state index in [-0.39, 0.29) is 18.5 Å². The van der Waals surface area contributed by atoms with Crippen LogP contribution in [0.15, 0.2) is 24.3 Å². The Balaban J connectivity index is 1.49. The normalized spacial score (nSPS) is 17.5. The number of methoxy groups -OCH3 is 2. The van der Waals surface area contributed by atoms with Gasteiger partial charge in [0, 0.05) is 18.7 Å². The van der Waals surface area contributed by atoms with Crippen LogP contribution in [0.2, 0.25) is 0 Å². The third-order valence-electron chi connectivity index (χ3n) is 5.34. The van der Waals surface area contributed by atoms with Crippen molar-refractivity contribution in [2.24, 2.45) is 0 Å². The summed E-state index contributed by atoms with van der Waals surface area (Å²) in [6.07, 6.45) is 1.58. The number of carbonyl (C=O) groups is 1. The highest BCUT2D eigenvalue weighted by Crippen LogP contribution is 2.51. The fourth-order valence-corrected chi connectivity index (χ4v) is 3.57. The number of nitrogens with one attached hydrogen (secondary N) is 1. The first kappa shape index (κ1) is 19.4. The van der Waals surface area contributed by atoms with Crippen molar-refractivity contribution in [3.05, 3.63) is 35.7 Å². The molecule has 2 fully saturated rings. The number of amides is 1. The Labute approximate surface area is 169 Å². The summed E-state index contributed by atoms with van der Waals surface area (Å²) in [7, 11) is 3.14. The van der Waals surface area contributed by atoms with Crippen LogP contribution >= 0.6 is 0 Å². The van der Waals surface area contributed by atoms with Crippen LogP contribution in [0.1, 0.15) is 24.2 Å². The Bertz CT molecular complexity index is 881. The highest BCUT2D eigenvalue weighted by molar-refractivity contribution is 5.92. The third kappa shape index (κ3) is 3.95. The Morgan fingerprint density at radius 1 is 1.14 bits per heavy atom. The van der Waals surface area contributed by atoms with Crippen LogP contribution in [0.3, 0.4) is 0 Å². The van der Waals surface area contributed by atoms with Gasteiger partial charge in [0.15, 0.2) is 5.82 Å². The quantitative estimate of drug-likeness (QED) is 0.738. The van der Waals surface area contributed by atoms with Crippen molar-refractivity contribution in [3.8, 4) is 11.8 Å². The molecule has 1 aliphatic carbocycles. The molecule has 9 heteroatoms. The Morgan fingerprint density at radius 2 is 1.90 bits per heavy atom. The molecule has 1 aliphatic heterocycles. The summed E-state index contributed by atoms with van der Waals surface area (Å²) >= 11 is 0. The molecule has 2 heterocycles. The van der Waals surface area contributed by atoms with Crippen molar-refractivity contribution in [3.63, 3.8) is 0 Å². The van der Waals surface area contributed by atoms with Crippen LogP contribution in [-0.4, -0.2) is 61.4 Å². The molecule has 29 heavy (non-hydrogen) atoms. The first-order valence-electron chi connectivity index (χ1n) is 9.70. The molecule has 1 saturated carbocycles. The summed E-state index contributed by atoms with van der Waals surface area (Å²) in [5, 5.41) is 2.99. The molecule has 1 N–H and O–H groups in total. The number of nitrogens with zero attached hydrogens (tertiary/aromatic N) is 4. The molecule has 0 radical (unpaired) electrons. The second-order valence-corrected chi connectivity index (χ2v) is 7.10. The Morgan fingerprint density at radius 3 is 2.59 bits per heavy atom. The van der Waals surface area contributed by atoms with Gasteiger partial charge in [-0.15, -0.1) is 0 Å². The summed E-state index contributed by atoms with van der Waals surface area (Å²) in [4.78, 5) is 28.2. The number of rotatable bonds is 7. The van der Waals surface area contributed by atoms with Gasteiger partial charge in [0.25, 0.3) is 0 Å². The van der Waals surface area contributed by atoms with Crippen molar-refractivity contribution in [1.29, 1.82) is 0 Å². The van der Waals surface area contributed by atoms with E-state index in [1.54, 1.807) is 7.11 Å². The van der Waals surface area contributed by atoms with Gasteiger partial charge in [0.2, 0.25) is 11.9 Å². The zero-order valence-electron chi connectivity index (χ0n) is 16.7. The second kappa shape index (κ2) is 8.20. The SMILES string of the molecule is COc1nc(CNC(=O)C2(c3ccccc3OC)CC2)nc(N2CCOCC2)n1. The summed E-state index contributed by atoms with van der Waals surface area (Å²) < 4.78 is 16.1. The lowest BCUT2D eigenvalue weighted by atomic mass is 9.94. The van der Waals surface area contributed by atoms with Crippen LogP contribution in [0, 0.1) is 0 Å². The van der Waals surface area contributed by atoms with Gasteiger partial charge in [0.05, 0.1) is 39.4 Å². The molecule has 4 rings (SSSR count). The maximum absolute atomic E-state index is 13.0. The van der Waals surface area contributed by atoms with Crippen LogP contribution in [0.4, 0.5) is 5.95 Å². The minimum atomic E-state index is -0.545. The van der Waals surface area contributed by atoms with E-state index in [1.807, 2.05) is 29.2 Å². The molecular formula is C20H25N5O4.